The molecule has 2 aromatic heterocycles. The van der Waals surface area contributed by atoms with Crippen molar-refractivity contribution in [1.29, 1.82) is 0 Å². The number of thiazole rings is 1. The Morgan fingerprint density at radius 1 is 1.12 bits per heavy atom. The van der Waals surface area contributed by atoms with Crippen LogP contribution in [0, 0.1) is 0 Å². The summed E-state index contributed by atoms with van der Waals surface area (Å²) in [5.41, 5.74) is 2.34. The van der Waals surface area contributed by atoms with Gasteiger partial charge in [0.05, 0.1) is 11.7 Å². The van der Waals surface area contributed by atoms with Crippen molar-refractivity contribution in [3.8, 4) is 0 Å². The predicted molar refractivity (Wildman–Crippen MR) is 106 cm³/mol. The van der Waals surface area contributed by atoms with Gasteiger partial charge in [-0.15, -0.1) is 11.3 Å². The molecule has 1 N–H and O–H groups in total. The summed E-state index contributed by atoms with van der Waals surface area (Å²) in [6.07, 6.45) is 7.15. The van der Waals surface area contributed by atoms with Crippen LogP contribution in [0.25, 0.3) is 0 Å². The molecule has 1 aromatic carbocycles. The molecule has 134 valence electrons. The van der Waals surface area contributed by atoms with Gasteiger partial charge in [0.15, 0.2) is 5.13 Å². The highest BCUT2D eigenvalue weighted by molar-refractivity contribution is 7.13. The Morgan fingerprint density at radius 3 is 2.81 bits per heavy atom. The number of likely N-dealkylation sites (tertiary alicyclic amines) is 1. The third-order valence-corrected chi connectivity index (χ3v) is 5.52. The molecule has 1 aliphatic rings. The molecule has 0 bridgehead atoms. The van der Waals surface area contributed by atoms with E-state index in [4.69, 9.17) is 16.6 Å². The van der Waals surface area contributed by atoms with Crippen LogP contribution in [0.15, 0.2) is 48.1 Å². The van der Waals surface area contributed by atoms with Crippen molar-refractivity contribution in [3.05, 3.63) is 64.4 Å². The van der Waals surface area contributed by atoms with Crippen molar-refractivity contribution in [2.75, 3.05) is 11.9 Å². The Bertz CT molecular complexity index is 837. The van der Waals surface area contributed by atoms with E-state index in [-0.39, 0.29) is 0 Å². The van der Waals surface area contributed by atoms with Crippen LogP contribution in [0.1, 0.15) is 36.6 Å². The lowest BCUT2D eigenvalue weighted by Crippen LogP contribution is -2.33. The van der Waals surface area contributed by atoms with Crippen LogP contribution in [0.4, 0.5) is 11.1 Å². The summed E-state index contributed by atoms with van der Waals surface area (Å²) in [5.74, 6) is 0.606. The number of nitrogens with one attached hydrogen (secondary N) is 1. The van der Waals surface area contributed by atoms with E-state index >= 15 is 0 Å². The standard InChI is InChI=1S/C19H20ClN5S/c20-15-6-4-14(5-7-15)13-25-11-2-1-3-17(25)16-8-9-21-18(23-16)24-19-22-10-12-26-19/h4-10,12,17H,1-3,11,13H2,(H,21,22,23,24)/t17-/m0/s1. The third kappa shape index (κ3) is 4.20. The number of benzene rings is 1. The van der Waals surface area contributed by atoms with Gasteiger partial charge in [-0.05, 0) is 43.1 Å². The third-order valence-electron chi connectivity index (χ3n) is 4.58. The molecule has 1 fully saturated rings. The van der Waals surface area contributed by atoms with Gasteiger partial charge in [-0.25, -0.2) is 15.0 Å². The molecule has 0 unspecified atom stereocenters. The fraction of sp³-hybridized carbons (Fsp3) is 0.316. The molecular formula is C19H20ClN5S. The molecule has 0 saturated carbocycles. The molecule has 1 atom stereocenters. The molecule has 26 heavy (non-hydrogen) atoms. The average molecular weight is 386 g/mol. The van der Waals surface area contributed by atoms with Crippen LogP contribution >= 0.6 is 22.9 Å². The average Bonchev–Trinajstić information content (AvgIpc) is 3.17. The second kappa shape index (κ2) is 8.12. The molecular weight excluding hydrogens is 366 g/mol. The highest BCUT2D eigenvalue weighted by Gasteiger charge is 2.25. The number of aromatic nitrogens is 3. The maximum atomic E-state index is 6.01. The van der Waals surface area contributed by atoms with Gasteiger partial charge in [-0.3, -0.25) is 4.90 Å². The Labute approximate surface area is 162 Å². The fourth-order valence-electron chi connectivity index (χ4n) is 3.34. The normalized spacial score (nSPS) is 18.0. The number of piperidine rings is 1. The first-order valence-corrected chi connectivity index (χ1v) is 10.0. The Balaban J connectivity index is 1.53. The summed E-state index contributed by atoms with van der Waals surface area (Å²) in [6, 6.07) is 10.4. The summed E-state index contributed by atoms with van der Waals surface area (Å²) < 4.78 is 0. The minimum atomic E-state index is 0.305. The topological polar surface area (TPSA) is 53.9 Å². The zero-order valence-corrected chi connectivity index (χ0v) is 15.9. The van der Waals surface area contributed by atoms with Gasteiger partial charge < -0.3 is 5.32 Å². The lowest BCUT2D eigenvalue weighted by atomic mass is 9.98. The van der Waals surface area contributed by atoms with Gasteiger partial charge in [0, 0.05) is 29.3 Å². The van der Waals surface area contributed by atoms with Gasteiger partial charge in [0.2, 0.25) is 5.95 Å². The van der Waals surface area contributed by atoms with E-state index in [0.29, 0.717) is 12.0 Å². The molecule has 4 rings (SSSR count). The molecule has 7 heteroatoms. The van der Waals surface area contributed by atoms with Crippen LogP contribution in [0.3, 0.4) is 0 Å². The summed E-state index contributed by atoms with van der Waals surface area (Å²) in [4.78, 5) is 15.8. The number of nitrogens with zero attached hydrogens (tertiary/aromatic N) is 4. The fourth-order valence-corrected chi connectivity index (χ4v) is 3.99. The second-order valence-electron chi connectivity index (χ2n) is 6.38. The zero-order valence-electron chi connectivity index (χ0n) is 14.3. The van der Waals surface area contributed by atoms with Crippen molar-refractivity contribution < 1.29 is 0 Å². The van der Waals surface area contributed by atoms with Crippen molar-refractivity contribution in [3.63, 3.8) is 0 Å². The Kier molecular flexibility index (Phi) is 5.43. The molecule has 0 amide bonds. The monoisotopic (exact) mass is 385 g/mol. The summed E-state index contributed by atoms with van der Waals surface area (Å²) >= 11 is 7.55. The predicted octanol–water partition coefficient (Wildman–Crippen LogP) is 5.06. The molecule has 0 aliphatic carbocycles. The van der Waals surface area contributed by atoms with E-state index in [9.17, 15) is 0 Å². The Hall–Kier alpha value is -2.02. The first kappa shape index (κ1) is 17.4. The minimum Gasteiger partial charge on any atom is -0.300 e. The lowest BCUT2D eigenvalue weighted by molar-refractivity contribution is 0.137. The minimum absolute atomic E-state index is 0.305. The maximum Gasteiger partial charge on any atom is 0.229 e. The van der Waals surface area contributed by atoms with Crippen molar-refractivity contribution in [2.24, 2.45) is 0 Å². The molecule has 3 heterocycles. The van der Waals surface area contributed by atoms with Crippen LogP contribution in [-0.4, -0.2) is 26.4 Å². The van der Waals surface area contributed by atoms with Crippen molar-refractivity contribution >= 4 is 34.0 Å². The molecule has 0 radical (unpaired) electrons. The molecule has 0 spiro atoms. The first-order chi connectivity index (χ1) is 12.8. The lowest BCUT2D eigenvalue weighted by Gasteiger charge is -2.35. The van der Waals surface area contributed by atoms with Gasteiger partial charge in [-0.1, -0.05) is 30.2 Å². The van der Waals surface area contributed by atoms with Gasteiger partial charge in [-0.2, -0.15) is 0 Å². The summed E-state index contributed by atoms with van der Waals surface area (Å²) in [6.45, 7) is 1.98. The van der Waals surface area contributed by atoms with E-state index in [1.807, 2.05) is 29.8 Å². The van der Waals surface area contributed by atoms with Crippen LogP contribution < -0.4 is 5.32 Å². The highest BCUT2D eigenvalue weighted by Crippen LogP contribution is 2.31. The first-order valence-electron chi connectivity index (χ1n) is 8.76. The molecule has 5 nitrogen and oxygen atoms in total. The van der Waals surface area contributed by atoms with E-state index in [1.165, 1.54) is 29.7 Å². The number of hydrogen-bond acceptors (Lipinski definition) is 6. The van der Waals surface area contributed by atoms with E-state index in [1.54, 1.807) is 6.20 Å². The molecule has 3 aromatic rings. The highest BCUT2D eigenvalue weighted by atomic mass is 35.5. The van der Waals surface area contributed by atoms with E-state index in [0.717, 1.165) is 35.4 Å². The van der Waals surface area contributed by atoms with E-state index in [2.05, 4.69) is 32.3 Å². The van der Waals surface area contributed by atoms with Crippen LogP contribution in [0.5, 0.6) is 0 Å². The molecule has 1 saturated heterocycles. The number of anilines is 2. The van der Waals surface area contributed by atoms with Crippen LogP contribution in [0.2, 0.25) is 5.02 Å². The van der Waals surface area contributed by atoms with Gasteiger partial charge in [0.1, 0.15) is 0 Å². The number of halogens is 1. The Morgan fingerprint density at radius 2 is 2.00 bits per heavy atom. The number of hydrogen-bond donors (Lipinski definition) is 1. The largest absolute Gasteiger partial charge is 0.300 e. The smallest absolute Gasteiger partial charge is 0.229 e. The SMILES string of the molecule is Clc1ccc(CN2CCCC[C@H]2c2ccnc(Nc3nccs3)n2)cc1. The van der Waals surface area contributed by atoms with Crippen LogP contribution in [-0.2, 0) is 6.54 Å². The summed E-state index contributed by atoms with van der Waals surface area (Å²) in [5, 5.41) is 6.70. The number of rotatable bonds is 5. The van der Waals surface area contributed by atoms with E-state index < -0.39 is 0 Å². The van der Waals surface area contributed by atoms with Crippen molar-refractivity contribution in [2.45, 2.75) is 31.8 Å². The van der Waals surface area contributed by atoms with Gasteiger partial charge in [0.25, 0.3) is 0 Å². The quantitative estimate of drug-likeness (QED) is 0.665. The second-order valence-corrected chi connectivity index (χ2v) is 7.71. The maximum absolute atomic E-state index is 6.01. The molecule has 1 aliphatic heterocycles. The summed E-state index contributed by atoms with van der Waals surface area (Å²) in [7, 11) is 0. The van der Waals surface area contributed by atoms with Gasteiger partial charge >= 0.3 is 0 Å². The van der Waals surface area contributed by atoms with Crippen molar-refractivity contribution in [1.82, 2.24) is 19.9 Å². The zero-order chi connectivity index (χ0) is 17.8.